The van der Waals surface area contributed by atoms with Gasteiger partial charge in [0.25, 0.3) is 0 Å². The summed E-state index contributed by atoms with van der Waals surface area (Å²) in [6, 6.07) is 26.1. The van der Waals surface area contributed by atoms with Crippen molar-refractivity contribution < 1.29 is 14.3 Å². The van der Waals surface area contributed by atoms with Gasteiger partial charge < -0.3 is 24.3 Å². The standard InChI is InChI=1S/C29H31N5O3S/c1-36-26-13-7-23(8-14-26)28-31-32-29(34(28)16-15-22-5-3-2-4-6-22)38-21-27(35)30-24-9-11-25(12-10-24)33-17-19-37-20-18-33/h2-14H,15-21H2,1H3,(H,30,35). The zero-order valence-corrected chi connectivity index (χ0v) is 22.2. The fraction of sp³-hybridized carbons (Fsp3) is 0.276. The number of carbonyl (C=O) groups excluding carboxylic acids is 1. The first kappa shape index (κ1) is 25.8. The van der Waals surface area contributed by atoms with Crippen molar-refractivity contribution in [1.82, 2.24) is 14.8 Å². The van der Waals surface area contributed by atoms with E-state index in [1.807, 2.05) is 66.7 Å². The zero-order valence-electron chi connectivity index (χ0n) is 21.4. The minimum atomic E-state index is -0.0854. The molecule has 1 saturated heterocycles. The van der Waals surface area contributed by atoms with Gasteiger partial charge in [0.2, 0.25) is 5.91 Å². The predicted molar refractivity (Wildman–Crippen MR) is 151 cm³/mol. The second-order valence-corrected chi connectivity index (χ2v) is 9.85. The Hall–Kier alpha value is -3.82. The molecule has 2 heterocycles. The maximum atomic E-state index is 12.8. The molecular formula is C29H31N5O3S. The predicted octanol–water partition coefficient (Wildman–Crippen LogP) is 4.76. The summed E-state index contributed by atoms with van der Waals surface area (Å²) in [4.78, 5) is 15.1. The molecule has 1 N–H and O–H groups in total. The van der Waals surface area contributed by atoms with Crippen LogP contribution in [0.2, 0.25) is 0 Å². The molecule has 0 saturated carbocycles. The van der Waals surface area contributed by atoms with E-state index in [1.165, 1.54) is 17.3 Å². The molecule has 0 unspecified atom stereocenters. The number of ether oxygens (including phenoxy) is 2. The lowest BCUT2D eigenvalue weighted by atomic mass is 10.1. The van der Waals surface area contributed by atoms with Crippen molar-refractivity contribution in [2.75, 3.05) is 49.4 Å². The summed E-state index contributed by atoms with van der Waals surface area (Å²) in [5.74, 6) is 1.70. The highest BCUT2D eigenvalue weighted by molar-refractivity contribution is 7.99. The molecule has 196 valence electrons. The molecule has 0 aliphatic carbocycles. The van der Waals surface area contributed by atoms with Crippen LogP contribution in [0, 0.1) is 0 Å². The average molecular weight is 530 g/mol. The molecule has 3 aromatic carbocycles. The Balaban J connectivity index is 1.25. The first-order chi connectivity index (χ1) is 18.7. The summed E-state index contributed by atoms with van der Waals surface area (Å²) < 4.78 is 12.8. The number of carbonyl (C=O) groups is 1. The van der Waals surface area contributed by atoms with E-state index >= 15 is 0 Å². The summed E-state index contributed by atoms with van der Waals surface area (Å²) >= 11 is 1.39. The molecule has 1 aromatic heterocycles. The molecule has 4 aromatic rings. The topological polar surface area (TPSA) is 81.5 Å². The van der Waals surface area contributed by atoms with E-state index in [-0.39, 0.29) is 11.7 Å². The van der Waals surface area contributed by atoms with Gasteiger partial charge in [0.05, 0.1) is 26.1 Å². The quantitative estimate of drug-likeness (QED) is 0.297. The van der Waals surface area contributed by atoms with E-state index in [0.717, 1.165) is 61.2 Å². The number of methoxy groups -OCH3 is 1. The van der Waals surface area contributed by atoms with Crippen molar-refractivity contribution in [2.24, 2.45) is 0 Å². The molecule has 5 rings (SSSR count). The van der Waals surface area contributed by atoms with Crippen molar-refractivity contribution in [3.63, 3.8) is 0 Å². The number of hydrogen-bond acceptors (Lipinski definition) is 7. The summed E-state index contributed by atoms with van der Waals surface area (Å²) in [5.41, 5.74) is 4.09. The first-order valence-corrected chi connectivity index (χ1v) is 13.6. The van der Waals surface area contributed by atoms with Crippen LogP contribution in [0.15, 0.2) is 84.0 Å². The lowest BCUT2D eigenvalue weighted by Crippen LogP contribution is -2.36. The second-order valence-electron chi connectivity index (χ2n) is 8.91. The molecule has 9 heteroatoms. The minimum Gasteiger partial charge on any atom is -0.497 e. The number of morpholine rings is 1. The maximum absolute atomic E-state index is 12.8. The van der Waals surface area contributed by atoms with Crippen LogP contribution in [0.5, 0.6) is 5.75 Å². The number of thioether (sulfide) groups is 1. The second kappa shape index (κ2) is 12.6. The van der Waals surface area contributed by atoms with E-state index in [2.05, 4.69) is 37.1 Å². The Labute approximate surface area is 227 Å². The van der Waals surface area contributed by atoms with Crippen molar-refractivity contribution in [2.45, 2.75) is 18.1 Å². The molecule has 1 aliphatic heterocycles. The van der Waals surface area contributed by atoms with Gasteiger partial charge in [0.1, 0.15) is 5.75 Å². The van der Waals surface area contributed by atoms with E-state index in [1.54, 1.807) is 7.11 Å². The van der Waals surface area contributed by atoms with Gasteiger partial charge >= 0.3 is 0 Å². The van der Waals surface area contributed by atoms with Gasteiger partial charge in [0, 0.05) is 36.6 Å². The number of hydrogen-bond donors (Lipinski definition) is 1. The third-order valence-corrected chi connectivity index (χ3v) is 7.36. The maximum Gasteiger partial charge on any atom is 0.234 e. The van der Waals surface area contributed by atoms with Gasteiger partial charge in [-0.3, -0.25) is 4.79 Å². The van der Waals surface area contributed by atoms with E-state index in [9.17, 15) is 4.79 Å². The van der Waals surface area contributed by atoms with Gasteiger partial charge in [-0.15, -0.1) is 10.2 Å². The van der Waals surface area contributed by atoms with Gasteiger partial charge in [-0.2, -0.15) is 0 Å². The third kappa shape index (κ3) is 6.54. The van der Waals surface area contributed by atoms with Crippen molar-refractivity contribution in [1.29, 1.82) is 0 Å². The SMILES string of the molecule is COc1ccc(-c2nnc(SCC(=O)Nc3ccc(N4CCOCC4)cc3)n2CCc2ccccc2)cc1. The van der Waals surface area contributed by atoms with Crippen LogP contribution in [0.3, 0.4) is 0 Å². The van der Waals surface area contributed by atoms with Crippen LogP contribution in [0.25, 0.3) is 11.4 Å². The van der Waals surface area contributed by atoms with Crippen molar-refractivity contribution >= 4 is 29.0 Å². The zero-order chi connectivity index (χ0) is 26.2. The minimum absolute atomic E-state index is 0.0854. The van der Waals surface area contributed by atoms with Crippen LogP contribution in [-0.4, -0.2) is 59.8 Å². The Morgan fingerprint density at radius 3 is 2.42 bits per heavy atom. The Morgan fingerprint density at radius 2 is 1.71 bits per heavy atom. The van der Waals surface area contributed by atoms with Gasteiger partial charge in [-0.1, -0.05) is 42.1 Å². The Bertz CT molecular complexity index is 1320. The molecule has 0 bridgehead atoms. The molecule has 1 fully saturated rings. The fourth-order valence-corrected chi connectivity index (χ4v) is 5.11. The van der Waals surface area contributed by atoms with Crippen LogP contribution >= 0.6 is 11.8 Å². The summed E-state index contributed by atoms with van der Waals surface area (Å²) in [5, 5.41) is 12.6. The Kier molecular flexibility index (Phi) is 8.57. The van der Waals surface area contributed by atoms with E-state index in [4.69, 9.17) is 9.47 Å². The van der Waals surface area contributed by atoms with Crippen molar-refractivity contribution in [3.05, 3.63) is 84.4 Å². The molecule has 8 nitrogen and oxygen atoms in total. The molecule has 0 atom stereocenters. The Morgan fingerprint density at radius 1 is 0.974 bits per heavy atom. The normalized spacial score (nSPS) is 13.3. The lowest BCUT2D eigenvalue weighted by molar-refractivity contribution is -0.113. The number of rotatable bonds is 10. The number of nitrogens with one attached hydrogen (secondary N) is 1. The number of nitrogens with zero attached hydrogens (tertiary/aromatic N) is 4. The monoisotopic (exact) mass is 529 g/mol. The summed E-state index contributed by atoms with van der Waals surface area (Å²) in [6.45, 7) is 3.95. The van der Waals surface area contributed by atoms with E-state index < -0.39 is 0 Å². The average Bonchev–Trinajstić information content (AvgIpc) is 3.39. The van der Waals surface area contributed by atoms with Crippen molar-refractivity contribution in [3.8, 4) is 17.1 Å². The highest BCUT2D eigenvalue weighted by atomic mass is 32.2. The van der Waals surface area contributed by atoms with Gasteiger partial charge in [-0.05, 0) is 60.5 Å². The number of benzene rings is 3. The highest BCUT2D eigenvalue weighted by Gasteiger charge is 2.17. The highest BCUT2D eigenvalue weighted by Crippen LogP contribution is 2.27. The van der Waals surface area contributed by atoms with Gasteiger partial charge in [0.15, 0.2) is 11.0 Å². The fourth-order valence-electron chi connectivity index (χ4n) is 4.34. The molecule has 0 radical (unpaired) electrons. The number of amides is 1. The summed E-state index contributed by atoms with van der Waals surface area (Å²) in [6.07, 6.45) is 0.831. The smallest absolute Gasteiger partial charge is 0.234 e. The van der Waals surface area contributed by atoms with Crippen LogP contribution in [0.4, 0.5) is 11.4 Å². The molecular weight excluding hydrogens is 498 g/mol. The number of aryl methyl sites for hydroxylation is 1. The molecule has 0 spiro atoms. The van der Waals surface area contributed by atoms with Crippen LogP contribution in [-0.2, 0) is 22.5 Å². The molecule has 1 amide bonds. The number of anilines is 2. The van der Waals surface area contributed by atoms with Gasteiger partial charge in [-0.25, -0.2) is 0 Å². The van der Waals surface area contributed by atoms with E-state index in [0.29, 0.717) is 11.7 Å². The number of aromatic nitrogens is 3. The van der Waals surface area contributed by atoms with Crippen LogP contribution in [0.1, 0.15) is 5.56 Å². The molecule has 38 heavy (non-hydrogen) atoms. The lowest BCUT2D eigenvalue weighted by Gasteiger charge is -2.28. The third-order valence-electron chi connectivity index (χ3n) is 6.39. The largest absolute Gasteiger partial charge is 0.497 e. The molecule has 1 aliphatic rings. The first-order valence-electron chi connectivity index (χ1n) is 12.7. The summed E-state index contributed by atoms with van der Waals surface area (Å²) in [7, 11) is 1.65. The van der Waals surface area contributed by atoms with Crippen LogP contribution < -0.4 is 15.0 Å².